The molecule has 0 fully saturated rings. The van der Waals surface area contributed by atoms with Gasteiger partial charge in [-0.1, -0.05) is 42.5 Å². The van der Waals surface area contributed by atoms with Crippen LogP contribution < -0.4 is 4.90 Å². The summed E-state index contributed by atoms with van der Waals surface area (Å²) in [5.74, 6) is 0.604. The molecule has 1 aliphatic rings. The van der Waals surface area contributed by atoms with Gasteiger partial charge >= 0.3 is 0 Å². The number of benzene rings is 2. The van der Waals surface area contributed by atoms with Gasteiger partial charge in [-0.25, -0.2) is 4.99 Å². The van der Waals surface area contributed by atoms with Gasteiger partial charge in [-0.15, -0.1) is 0 Å². The standard InChI is InChI=1S/C19H19N3O/c1-21(2)16-11-9-14(10-12-16)13-17-19(23)22(3)18(20-17)15-7-5-4-6-8-15/h4-13H,1-3H3. The quantitative estimate of drug-likeness (QED) is 0.817. The van der Waals surface area contributed by atoms with Crippen LogP contribution in [0.1, 0.15) is 11.1 Å². The highest BCUT2D eigenvalue weighted by molar-refractivity contribution is 6.19. The maximum atomic E-state index is 12.4. The number of likely N-dealkylation sites (N-methyl/N-ethyl adjacent to an activating group) is 1. The van der Waals surface area contributed by atoms with Crippen LogP contribution in [0.5, 0.6) is 0 Å². The zero-order chi connectivity index (χ0) is 16.4. The van der Waals surface area contributed by atoms with Gasteiger partial charge in [0.1, 0.15) is 11.5 Å². The summed E-state index contributed by atoms with van der Waals surface area (Å²) in [4.78, 5) is 20.6. The molecule has 0 unspecified atom stereocenters. The van der Waals surface area contributed by atoms with Crippen LogP contribution in [0, 0.1) is 0 Å². The number of amides is 1. The van der Waals surface area contributed by atoms with Gasteiger partial charge < -0.3 is 4.90 Å². The summed E-state index contributed by atoms with van der Waals surface area (Å²) in [6, 6.07) is 17.8. The van der Waals surface area contributed by atoms with E-state index in [4.69, 9.17) is 0 Å². The van der Waals surface area contributed by atoms with Crippen LogP contribution >= 0.6 is 0 Å². The lowest BCUT2D eigenvalue weighted by molar-refractivity contribution is -0.121. The van der Waals surface area contributed by atoms with Crippen molar-refractivity contribution in [1.29, 1.82) is 0 Å². The molecule has 1 aliphatic heterocycles. The molecule has 0 aliphatic carbocycles. The van der Waals surface area contributed by atoms with Gasteiger partial charge in [-0.3, -0.25) is 9.69 Å². The zero-order valence-electron chi connectivity index (χ0n) is 13.5. The second kappa shape index (κ2) is 6.08. The van der Waals surface area contributed by atoms with Gasteiger partial charge in [0.05, 0.1) is 0 Å². The second-order valence-electron chi connectivity index (χ2n) is 5.68. The Morgan fingerprint density at radius 3 is 2.26 bits per heavy atom. The largest absolute Gasteiger partial charge is 0.378 e. The van der Waals surface area contributed by atoms with E-state index in [0.717, 1.165) is 16.8 Å². The van der Waals surface area contributed by atoms with Crippen LogP contribution in [0.3, 0.4) is 0 Å². The lowest BCUT2D eigenvalue weighted by Crippen LogP contribution is -2.28. The Kier molecular flexibility index (Phi) is 3.98. The minimum absolute atomic E-state index is 0.0828. The lowest BCUT2D eigenvalue weighted by Gasteiger charge is -2.12. The third kappa shape index (κ3) is 3.01. The highest BCUT2D eigenvalue weighted by atomic mass is 16.2. The Morgan fingerprint density at radius 1 is 1.00 bits per heavy atom. The normalized spacial score (nSPS) is 16.0. The van der Waals surface area contributed by atoms with Crippen LogP contribution in [-0.4, -0.2) is 37.8 Å². The summed E-state index contributed by atoms with van der Waals surface area (Å²) in [6.07, 6.45) is 1.83. The maximum Gasteiger partial charge on any atom is 0.277 e. The molecular weight excluding hydrogens is 286 g/mol. The Bertz CT molecular complexity index is 774. The van der Waals surface area contributed by atoms with Crippen LogP contribution in [0.15, 0.2) is 65.3 Å². The Labute approximate surface area is 136 Å². The minimum Gasteiger partial charge on any atom is -0.378 e. The molecule has 4 heteroatoms. The molecule has 0 spiro atoms. The van der Waals surface area contributed by atoms with E-state index in [1.807, 2.05) is 79.7 Å². The number of carbonyl (C=O) groups is 1. The van der Waals surface area contributed by atoms with E-state index < -0.39 is 0 Å². The molecule has 0 N–H and O–H groups in total. The van der Waals surface area contributed by atoms with E-state index in [1.54, 1.807) is 11.9 Å². The molecule has 0 saturated heterocycles. The fraction of sp³-hybridized carbons (Fsp3) is 0.158. The molecule has 4 nitrogen and oxygen atoms in total. The smallest absolute Gasteiger partial charge is 0.277 e. The number of nitrogens with zero attached hydrogens (tertiary/aromatic N) is 3. The van der Waals surface area contributed by atoms with Crippen molar-refractivity contribution < 1.29 is 4.79 Å². The van der Waals surface area contributed by atoms with Crippen LogP contribution in [0.2, 0.25) is 0 Å². The first-order valence-corrected chi connectivity index (χ1v) is 7.47. The van der Waals surface area contributed by atoms with Crippen LogP contribution in [0.4, 0.5) is 5.69 Å². The first-order chi connectivity index (χ1) is 11.1. The van der Waals surface area contributed by atoms with Gasteiger partial charge in [0.25, 0.3) is 5.91 Å². The SMILES string of the molecule is CN1C(=O)C(=Cc2ccc(N(C)C)cc2)N=C1c1ccccc1. The van der Waals surface area contributed by atoms with Gasteiger partial charge in [0, 0.05) is 32.4 Å². The third-order valence-electron chi connectivity index (χ3n) is 3.81. The van der Waals surface area contributed by atoms with Crippen molar-refractivity contribution in [3.8, 4) is 0 Å². The van der Waals surface area contributed by atoms with E-state index in [2.05, 4.69) is 4.99 Å². The van der Waals surface area contributed by atoms with Crippen molar-refractivity contribution in [2.45, 2.75) is 0 Å². The van der Waals surface area contributed by atoms with Crippen molar-refractivity contribution in [3.05, 3.63) is 71.4 Å². The Balaban J connectivity index is 1.93. The first kappa shape index (κ1) is 15.0. The van der Waals surface area contributed by atoms with Crippen LogP contribution in [0.25, 0.3) is 6.08 Å². The molecule has 0 bridgehead atoms. The molecule has 23 heavy (non-hydrogen) atoms. The maximum absolute atomic E-state index is 12.4. The number of carbonyl (C=O) groups excluding carboxylic acids is 1. The fourth-order valence-electron chi connectivity index (χ4n) is 2.47. The first-order valence-electron chi connectivity index (χ1n) is 7.47. The molecule has 0 saturated carbocycles. The fourth-order valence-corrected chi connectivity index (χ4v) is 2.47. The van der Waals surface area contributed by atoms with Crippen molar-refractivity contribution in [3.63, 3.8) is 0 Å². The summed E-state index contributed by atoms with van der Waals surface area (Å²) >= 11 is 0. The van der Waals surface area contributed by atoms with Gasteiger partial charge in [-0.2, -0.15) is 0 Å². The molecule has 1 heterocycles. The number of aliphatic imine (C=N–C) groups is 1. The molecular formula is C19H19N3O. The van der Waals surface area contributed by atoms with Gasteiger partial charge in [-0.05, 0) is 23.8 Å². The summed E-state index contributed by atoms with van der Waals surface area (Å²) < 4.78 is 0. The van der Waals surface area contributed by atoms with Crippen molar-refractivity contribution in [2.75, 3.05) is 26.0 Å². The van der Waals surface area contributed by atoms with Gasteiger partial charge in [0.2, 0.25) is 0 Å². The summed E-state index contributed by atoms with van der Waals surface area (Å²) in [5, 5.41) is 0. The van der Waals surface area contributed by atoms with E-state index in [9.17, 15) is 4.79 Å². The Hall–Kier alpha value is -2.88. The van der Waals surface area contributed by atoms with Crippen molar-refractivity contribution in [1.82, 2.24) is 4.90 Å². The molecule has 0 aromatic heterocycles. The summed E-state index contributed by atoms with van der Waals surface area (Å²) in [5.41, 5.74) is 3.49. The number of hydrogen-bond acceptors (Lipinski definition) is 3. The molecule has 2 aromatic rings. The summed E-state index contributed by atoms with van der Waals surface area (Å²) in [7, 11) is 5.75. The minimum atomic E-state index is -0.0828. The zero-order valence-corrected chi connectivity index (χ0v) is 13.5. The predicted molar refractivity (Wildman–Crippen MR) is 94.5 cm³/mol. The number of hydrogen-bond donors (Lipinski definition) is 0. The molecule has 0 radical (unpaired) electrons. The monoisotopic (exact) mass is 305 g/mol. The third-order valence-corrected chi connectivity index (χ3v) is 3.81. The highest BCUT2D eigenvalue weighted by Gasteiger charge is 2.27. The Morgan fingerprint density at radius 2 is 1.65 bits per heavy atom. The average Bonchev–Trinajstić information content (AvgIpc) is 2.85. The highest BCUT2D eigenvalue weighted by Crippen LogP contribution is 2.21. The van der Waals surface area contributed by atoms with E-state index in [-0.39, 0.29) is 5.91 Å². The van der Waals surface area contributed by atoms with Crippen molar-refractivity contribution in [2.24, 2.45) is 4.99 Å². The average molecular weight is 305 g/mol. The molecule has 2 aromatic carbocycles. The number of amidine groups is 1. The van der Waals surface area contributed by atoms with E-state index in [0.29, 0.717) is 11.5 Å². The molecule has 0 atom stereocenters. The summed E-state index contributed by atoms with van der Waals surface area (Å²) in [6.45, 7) is 0. The number of anilines is 1. The second-order valence-corrected chi connectivity index (χ2v) is 5.68. The molecule has 1 amide bonds. The van der Waals surface area contributed by atoms with E-state index in [1.165, 1.54) is 0 Å². The number of rotatable bonds is 3. The molecule has 116 valence electrons. The lowest BCUT2D eigenvalue weighted by atomic mass is 10.1. The molecule has 3 rings (SSSR count). The predicted octanol–water partition coefficient (Wildman–Crippen LogP) is 3.01. The van der Waals surface area contributed by atoms with E-state index >= 15 is 0 Å². The topological polar surface area (TPSA) is 35.9 Å². The van der Waals surface area contributed by atoms with Crippen molar-refractivity contribution >= 4 is 23.5 Å². The van der Waals surface area contributed by atoms with Gasteiger partial charge in [0.15, 0.2) is 0 Å². The van der Waals surface area contributed by atoms with Crippen LogP contribution in [-0.2, 0) is 4.79 Å².